The van der Waals surface area contributed by atoms with E-state index >= 15 is 0 Å². The molecule has 0 atom stereocenters. The van der Waals surface area contributed by atoms with Crippen molar-refractivity contribution in [2.24, 2.45) is 0 Å². The quantitative estimate of drug-likeness (QED) is 0.503. The van der Waals surface area contributed by atoms with Gasteiger partial charge < -0.3 is 5.11 Å². The first-order valence-corrected chi connectivity index (χ1v) is 3.84. The number of hydrogen-bond acceptors (Lipinski definition) is 1. The smallest absolute Gasteiger partial charge is 0.307 e. The average Bonchev–Trinajstić information content (AvgIpc) is 2.00. The Hall–Kier alpha value is -1.31. The van der Waals surface area contributed by atoms with Crippen LogP contribution in [-0.2, 0) is 4.79 Å². The van der Waals surface area contributed by atoms with Gasteiger partial charge in [0.25, 0.3) is 0 Å². The molecule has 0 radical (unpaired) electrons. The SMILES string of the molecule is C=C(/C=C/CC(=O)O)C/C=C/C. The van der Waals surface area contributed by atoms with Crippen molar-refractivity contribution in [3.63, 3.8) is 0 Å². The molecular weight excluding hydrogens is 152 g/mol. The van der Waals surface area contributed by atoms with Crippen LogP contribution in [0.4, 0.5) is 0 Å². The van der Waals surface area contributed by atoms with Crippen molar-refractivity contribution in [1.29, 1.82) is 0 Å². The summed E-state index contributed by atoms with van der Waals surface area (Å²) >= 11 is 0. The zero-order valence-electron chi connectivity index (χ0n) is 7.29. The first-order valence-electron chi connectivity index (χ1n) is 3.84. The maximum absolute atomic E-state index is 10.1. The minimum atomic E-state index is -0.815. The van der Waals surface area contributed by atoms with Gasteiger partial charge in [-0.05, 0) is 13.3 Å². The number of allylic oxidation sites excluding steroid dienone is 4. The van der Waals surface area contributed by atoms with E-state index < -0.39 is 5.97 Å². The average molecular weight is 166 g/mol. The normalized spacial score (nSPS) is 11.1. The maximum atomic E-state index is 10.1. The molecule has 0 amide bonds. The lowest BCUT2D eigenvalue weighted by Crippen LogP contribution is -1.89. The Bertz CT molecular complexity index is 212. The van der Waals surface area contributed by atoms with Crippen molar-refractivity contribution >= 4 is 5.97 Å². The molecule has 0 unspecified atom stereocenters. The van der Waals surface area contributed by atoms with Crippen molar-refractivity contribution in [3.8, 4) is 0 Å². The Morgan fingerprint density at radius 1 is 1.42 bits per heavy atom. The lowest BCUT2D eigenvalue weighted by Gasteiger charge is -1.91. The lowest BCUT2D eigenvalue weighted by atomic mass is 10.2. The summed E-state index contributed by atoms with van der Waals surface area (Å²) in [6.07, 6.45) is 8.12. The molecule has 0 spiro atoms. The molecule has 0 aromatic carbocycles. The van der Waals surface area contributed by atoms with Gasteiger partial charge in [0, 0.05) is 0 Å². The third kappa shape index (κ3) is 6.81. The molecule has 0 aromatic heterocycles. The number of rotatable bonds is 5. The van der Waals surface area contributed by atoms with Crippen molar-refractivity contribution in [2.45, 2.75) is 19.8 Å². The van der Waals surface area contributed by atoms with Crippen LogP contribution in [-0.4, -0.2) is 11.1 Å². The van der Waals surface area contributed by atoms with E-state index in [4.69, 9.17) is 5.11 Å². The van der Waals surface area contributed by atoms with Gasteiger partial charge in [0.05, 0.1) is 6.42 Å². The largest absolute Gasteiger partial charge is 0.481 e. The van der Waals surface area contributed by atoms with Gasteiger partial charge in [-0.1, -0.05) is 36.5 Å². The highest BCUT2D eigenvalue weighted by Gasteiger charge is 1.89. The van der Waals surface area contributed by atoms with Crippen molar-refractivity contribution in [2.75, 3.05) is 0 Å². The van der Waals surface area contributed by atoms with Crippen LogP contribution in [0.2, 0.25) is 0 Å². The van der Waals surface area contributed by atoms with E-state index in [9.17, 15) is 4.79 Å². The van der Waals surface area contributed by atoms with E-state index in [0.29, 0.717) is 0 Å². The highest BCUT2D eigenvalue weighted by molar-refractivity contribution is 5.68. The van der Waals surface area contributed by atoms with Gasteiger partial charge in [-0.15, -0.1) is 0 Å². The fourth-order valence-corrected chi connectivity index (χ4v) is 0.664. The monoisotopic (exact) mass is 166 g/mol. The van der Waals surface area contributed by atoms with Gasteiger partial charge in [0.2, 0.25) is 0 Å². The van der Waals surface area contributed by atoms with Gasteiger partial charge in [-0.25, -0.2) is 0 Å². The Labute approximate surface area is 72.9 Å². The summed E-state index contributed by atoms with van der Waals surface area (Å²) in [6.45, 7) is 5.70. The molecule has 0 saturated heterocycles. The zero-order chi connectivity index (χ0) is 9.40. The first-order chi connectivity index (χ1) is 5.66. The molecule has 0 saturated carbocycles. The summed E-state index contributed by atoms with van der Waals surface area (Å²) in [5, 5.41) is 8.31. The van der Waals surface area contributed by atoms with E-state index in [1.807, 2.05) is 19.1 Å². The molecule has 0 aliphatic rings. The molecule has 12 heavy (non-hydrogen) atoms. The second-order valence-electron chi connectivity index (χ2n) is 2.43. The van der Waals surface area contributed by atoms with E-state index in [1.54, 1.807) is 12.2 Å². The number of hydrogen-bond donors (Lipinski definition) is 1. The molecule has 2 nitrogen and oxygen atoms in total. The molecule has 0 fully saturated rings. The third-order valence-corrected chi connectivity index (χ3v) is 1.26. The van der Waals surface area contributed by atoms with Crippen LogP contribution in [0.5, 0.6) is 0 Å². The van der Waals surface area contributed by atoms with E-state index in [2.05, 4.69) is 6.58 Å². The van der Waals surface area contributed by atoms with Crippen LogP contribution in [0.15, 0.2) is 36.5 Å². The zero-order valence-corrected chi connectivity index (χ0v) is 7.29. The maximum Gasteiger partial charge on any atom is 0.307 e. The van der Waals surface area contributed by atoms with E-state index in [-0.39, 0.29) is 6.42 Å². The molecule has 2 heteroatoms. The second-order valence-corrected chi connectivity index (χ2v) is 2.43. The molecular formula is C10H14O2. The highest BCUT2D eigenvalue weighted by atomic mass is 16.4. The van der Waals surface area contributed by atoms with Crippen LogP contribution in [0, 0.1) is 0 Å². The summed E-state index contributed by atoms with van der Waals surface area (Å²) in [5.41, 5.74) is 0.925. The molecule has 1 N–H and O–H groups in total. The molecule has 0 bridgehead atoms. The minimum absolute atomic E-state index is 0.0643. The Morgan fingerprint density at radius 3 is 2.58 bits per heavy atom. The minimum Gasteiger partial charge on any atom is -0.481 e. The molecule has 0 rings (SSSR count). The van der Waals surface area contributed by atoms with Gasteiger partial charge in [-0.2, -0.15) is 0 Å². The molecule has 0 aliphatic heterocycles. The van der Waals surface area contributed by atoms with Crippen LogP contribution >= 0.6 is 0 Å². The molecule has 66 valence electrons. The Kier molecular flexibility index (Phi) is 5.70. The summed E-state index contributed by atoms with van der Waals surface area (Å²) in [4.78, 5) is 10.1. The number of carboxylic acid groups (broad SMARTS) is 1. The van der Waals surface area contributed by atoms with Crippen LogP contribution in [0.3, 0.4) is 0 Å². The Balaban J connectivity index is 3.68. The summed E-state index contributed by atoms with van der Waals surface area (Å²) in [5.74, 6) is -0.815. The molecule has 0 heterocycles. The van der Waals surface area contributed by atoms with Crippen LogP contribution in [0.25, 0.3) is 0 Å². The third-order valence-electron chi connectivity index (χ3n) is 1.26. The number of carboxylic acids is 1. The number of carbonyl (C=O) groups is 1. The predicted molar refractivity (Wildman–Crippen MR) is 50.0 cm³/mol. The predicted octanol–water partition coefficient (Wildman–Crippen LogP) is 2.54. The van der Waals surface area contributed by atoms with Crippen molar-refractivity contribution < 1.29 is 9.90 Å². The lowest BCUT2D eigenvalue weighted by molar-refractivity contribution is -0.135. The Morgan fingerprint density at radius 2 is 2.08 bits per heavy atom. The van der Waals surface area contributed by atoms with Crippen LogP contribution < -0.4 is 0 Å². The molecule has 0 aliphatic carbocycles. The van der Waals surface area contributed by atoms with Crippen LogP contribution in [0.1, 0.15) is 19.8 Å². The standard InChI is InChI=1S/C10H14O2/c1-3-4-6-9(2)7-5-8-10(11)12/h3-5,7H,2,6,8H2,1H3,(H,11,12)/b4-3+,7-5+. The summed E-state index contributed by atoms with van der Waals surface area (Å²) < 4.78 is 0. The van der Waals surface area contributed by atoms with Crippen molar-refractivity contribution in [1.82, 2.24) is 0 Å². The number of aliphatic carboxylic acids is 1. The van der Waals surface area contributed by atoms with E-state index in [1.165, 1.54) is 0 Å². The summed E-state index contributed by atoms with van der Waals surface area (Å²) in [7, 11) is 0. The highest BCUT2D eigenvalue weighted by Crippen LogP contribution is 2.01. The van der Waals surface area contributed by atoms with Gasteiger partial charge in [0.1, 0.15) is 0 Å². The molecule has 0 aromatic rings. The second kappa shape index (κ2) is 6.40. The fourth-order valence-electron chi connectivity index (χ4n) is 0.664. The fraction of sp³-hybridized carbons (Fsp3) is 0.300. The summed E-state index contributed by atoms with van der Waals surface area (Å²) in [6, 6.07) is 0. The van der Waals surface area contributed by atoms with Gasteiger partial charge >= 0.3 is 5.97 Å². The van der Waals surface area contributed by atoms with Gasteiger partial charge in [-0.3, -0.25) is 4.79 Å². The van der Waals surface area contributed by atoms with Gasteiger partial charge in [0.15, 0.2) is 0 Å². The van der Waals surface area contributed by atoms with E-state index in [0.717, 1.165) is 12.0 Å². The first kappa shape index (κ1) is 10.7. The van der Waals surface area contributed by atoms with Crippen molar-refractivity contribution in [3.05, 3.63) is 36.5 Å². The topological polar surface area (TPSA) is 37.3 Å².